The number of pyridine rings is 1. The second kappa shape index (κ2) is 8.37. The highest BCUT2D eigenvalue weighted by atomic mass is 35.5. The first-order valence-corrected chi connectivity index (χ1v) is 9.84. The molecule has 0 aliphatic carbocycles. The van der Waals surface area contributed by atoms with E-state index in [-0.39, 0.29) is 27.6 Å². The molecule has 2 aromatic heterocycles. The van der Waals surface area contributed by atoms with Gasteiger partial charge in [-0.3, -0.25) is 4.57 Å². The van der Waals surface area contributed by atoms with Crippen LogP contribution < -0.4 is 5.32 Å². The standard InChI is InChI=1S/C20H19ClFN5O4/c1-9(10-4-2-3-5-12(10)22)25-14-11(6-23)18(21)26-19-15(14)24-8-27(19)20-17(30)16(29)13(7-28)31-20/h2-5,8-9,13,16-17,20,28-30H,7H2,1H3,(H,25,26)/t9?,13-,16-,17-,20-/m1/s1. The van der Waals surface area contributed by atoms with Gasteiger partial charge < -0.3 is 25.4 Å². The highest BCUT2D eigenvalue weighted by Crippen LogP contribution is 2.36. The quantitative estimate of drug-likeness (QED) is 0.435. The van der Waals surface area contributed by atoms with Crippen LogP contribution in [0.3, 0.4) is 0 Å². The zero-order valence-electron chi connectivity index (χ0n) is 16.3. The zero-order chi connectivity index (χ0) is 22.3. The molecular formula is C20H19ClFN5O4. The molecular weight excluding hydrogens is 429 g/mol. The molecule has 31 heavy (non-hydrogen) atoms. The number of nitrogens with one attached hydrogen (secondary N) is 1. The second-order valence-electron chi connectivity index (χ2n) is 7.20. The Balaban J connectivity index is 1.79. The molecule has 3 heterocycles. The van der Waals surface area contributed by atoms with E-state index in [2.05, 4.69) is 15.3 Å². The lowest BCUT2D eigenvalue weighted by molar-refractivity contribution is -0.0511. The van der Waals surface area contributed by atoms with Crippen molar-refractivity contribution in [2.24, 2.45) is 0 Å². The first-order valence-electron chi connectivity index (χ1n) is 9.46. The van der Waals surface area contributed by atoms with Crippen molar-refractivity contribution < 1.29 is 24.4 Å². The molecule has 1 saturated heterocycles. The van der Waals surface area contributed by atoms with E-state index in [4.69, 9.17) is 16.3 Å². The van der Waals surface area contributed by atoms with Crippen molar-refractivity contribution in [2.45, 2.75) is 37.5 Å². The summed E-state index contributed by atoms with van der Waals surface area (Å²) in [6.45, 7) is 1.24. The first kappa shape index (κ1) is 21.4. The van der Waals surface area contributed by atoms with E-state index in [1.165, 1.54) is 17.0 Å². The highest BCUT2D eigenvalue weighted by molar-refractivity contribution is 6.31. The van der Waals surface area contributed by atoms with Gasteiger partial charge in [0.05, 0.1) is 24.7 Å². The third-order valence-corrected chi connectivity index (χ3v) is 5.57. The molecule has 11 heteroatoms. The summed E-state index contributed by atoms with van der Waals surface area (Å²) in [5.74, 6) is -0.408. The van der Waals surface area contributed by atoms with Crippen molar-refractivity contribution in [3.05, 3.63) is 52.7 Å². The summed E-state index contributed by atoms with van der Waals surface area (Å²) < 4.78 is 21.1. The second-order valence-corrected chi connectivity index (χ2v) is 7.56. The maximum absolute atomic E-state index is 14.2. The van der Waals surface area contributed by atoms with E-state index in [1.807, 2.05) is 6.07 Å². The molecule has 5 atom stereocenters. The number of aromatic nitrogens is 3. The minimum Gasteiger partial charge on any atom is -0.394 e. The number of anilines is 1. The number of hydrogen-bond donors (Lipinski definition) is 4. The van der Waals surface area contributed by atoms with Gasteiger partial charge in [-0.1, -0.05) is 29.8 Å². The number of nitrogens with zero attached hydrogens (tertiary/aromatic N) is 4. The van der Waals surface area contributed by atoms with Crippen LogP contribution in [-0.4, -0.2) is 54.8 Å². The van der Waals surface area contributed by atoms with Gasteiger partial charge >= 0.3 is 0 Å². The zero-order valence-corrected chi connectivity index (χ0v) is 17.0. The molecule has 9 nitrogen and oxygen atoms in total. The van der Waals surface area contributed by atoms with E-state index in [9.17, 15) is 25.0 Å². The van der Waals surface area contributed by atoms with Gasteiger partial charge in [0.2, 0.25) is 0 Å². The number of halogens is 2. The van der Waals surface area contributed by atoms with Gasteiger partial charge in [-0.2, -0.15) is 5.26 Å². The molecule has 3 aromatic rings. The van der Waals surface area contributed by atoms with E-state index < -0.39 is 43.0 Å². The summed E-state index contributed by atoms with van der Waals surface area (Å²) in [6, 6.07) is 7.69. The topological polar surface area (TPSA) is 136 Å². The Kier molecular flexibility index (Phi) is 5.79. The largest absolute Gasteiger partial charge is 0.394 e. The van der Waals surface area contributed by atoms with Crippen LogP contribution in [0.4, 0.5) is 10.1 Å². The van der Waals surface area contributed by atoms with Gasteiger partial charge in [0, 0.05) is 5.56 Å². The molecule has 0 saturated carbocycles. The number of nitriles is 1. The van der Waals surface area contributed by atoms with Crippen LogP contribution in [0.1, 0.15) is 30.3 Å². The summed E-state index contributed by atoms with van der Waals surface area (Å²) in [5, 5.41) is 42.3. The van der Waals surface area contributed by atoms with Crippen LogP contribution in [0.15, 0.2) is 30.6 Å². The molecule has 0 spiro atoms. The molecule has 1 fully saturated rings. The van der Waals surface area contributed by atoms with Crippen molar-refractivity contribution in [3.63, 3.8) is 0 Å². The Morgan fingerprint density at radius 3 is 2.74 bits per heavy atom. The van der Waals surface area contributed by atoms with E-state index in [0.717, 1.165) is 0 Å². The molecule has 1 aliphatic heterocycles. The fourth-order valence-corrected chi connectivity index (χ4v) is 3.89. The van der Waals surface area contributed by atoms with Crippen LogP contribution in [0.25, 0.3) is 11.2 Å². The van der Waals surface area contributed by atoms with Crippen LogP contribution in [-0.2, 0) is 4.74 Å². The van der Waals surface area contributed by atoms with Gasteiger partial charge in [0.25, 0.3) is 0 Å². The average Bonchev–Trinajstić information content (AvgIpc) is 3.29. The predicted molar refractivity (Wildman–Crippen MR) is 109 cm³/mol. The van der Waals surface area contributed by atoms with E-state index in [1.54, 1.807) is 25.1 Å². The molecule has 1 unspecified atom stereocenters. The third-order valence-electron chi connectivity index (χ3n) is 5.30. The fourth-order valence-electron chi connectivity index (χ4n) is 3.67. The summed E-state index contributed by atoms with van der Waals surface area (Å²) in [6.07, 6.45) is -3.39. The van der Waals surface area contributed by atoms with Crippen molar-refractivity contribution in [1.82, 2.24) is 14.5 Å². The smallest absolute Gasteiger partial charge is 0.165 e. The summed E-state index contributed by atoms with van der Waals surface area (Å²) >= 11 is 6.24. The van der Waals surface area contributed by atoms with Crippen molar-refractivity contribution in [3.8, 4) is 6.07 Å². The molecule has 162 valence electrons. The third kappa shape index (κ3) is 3.60. The fraction of sp³-hybridized carbons (Fsp3) is 0.350. The molecule has 1 aliphatic rings. The summed E-state index contributed by atoms with van der Waals surface area (Å²) in [5.41, 5.74) is 1.10. The maximum Gasteiger partial charge on any atom is 0.165 e. The number of ether oxygens (including phenoxy) is 1. The van der Waals surface area contributed by atoms with Gasteiger partial charge in [0.1, 0.15) is 41.3 Å². The summed E-state index contributed by atoms with van der Waals surface area (Å²) in [7, 11) is 0. The number of benzene rings is 1. The Labute approximate surface area is 181 Å². The normalized spacial score (nSPS) is 24.3. The Morgan fingerprint density at radius 1 is 1.35 bits per heavy atom. The lowest BCUT2D eigenvalue weighted by Gasteiger charge is -2.19. The van der Waals surface area contributed by atoms with E-state index in [0.29, 0.717) is 5.56 Å². The number of imidazole rings is 1. The lowest BCUT2D eigenvalue weighted by atomic mass is 10.1. The molecule has 4 rings (SSSR count). The molecule has 4 N–H and O–H groups in total. The van der Waals surface area contributed by atoms with Crippen molar-refractivity contribution >= 4 is 28.5 Å². The van der Waals surface area contributed by atoms with Gasteiger partial charge in [0.15, 0.2) is 17.0 Å². The molecule has 0 bridgehead atoms. The monoisotopic (exact) mass is 447 g/mol. The van der Waals surface area contributed by atoms with Crippen molar-refractivity contribution in [2.75, 3.05) is 11.9 Å². The van der Waals surface area contributed by atoms with Crippen LogP contribution in [0.2, 0.25) is 5.15 Å². The molecule has 1 aromatic carbocycles. The predicted octanol–water partition coefficient (Wildman–Crippen LogP) is 1.88. The Hall–Kier alpha value is -2.81. The number of fused-ring (bicyclic) bond motifs is 1. The van der Waals surface area contributed by atoms with Crippen LogP contribution >= 0.6 is 11.6 Å². The summed E-state index contributed by atoms with van der Waals surface area (Å²) in [4.78, 5) is 8.51. The van der Waals surface area contributed by atoms with Crippen LogP contribution in [0, 0.1) is 17.1 Å². The Morgan fingerprint density at radius 2 is 2.10 bits per heavy atom. The average molecular weight is 448 g/mol. The highest BCUT2D eigenvalue weighted by Gasteiger charge is 2.44. The number of rotatable bonds is 5. The number of aliphatic hydroxyl groups excluding tert-OH is 3. The first-order chi connectivity index (χ1) is 14.9. The Bertz CT molecular complexity index is 1170. The minimum atomic E-state index is -1.35. The number of hydrogen-bond acceptors (Lipinski definition) is 8. The maximum atomic E-state index is 14.2. The van der Waals surface area contributed by atoms with Gasteiger partial charge in [-0.15, -0.1) is 0 Å². The van der Waals surface area contributed by atoms with Crippen LogP contribution in [0.5, 0.6) is 0 Å². The minimum absolute atomic E-state index is 0.0313. The lowest BCUT2D eigenvalue weighted by Crippen LogP contribution is -2.33. The van der Waals surface area contributed by atoms with E-state index >= 15 is 0 Å². The van der Waals surface area contributed by atoms with Gasteiger partial charge in [-0.25, -0.2) is 14.4 Å². The van der Waals surface area contributed by atoms with Gasteiger partial charge in [-0.05, 0) is 13.0 Å². The molecule has 0 radical (unpaired) electrons. The molecule has 0 amide bonds. The SMILES string of the molecule is CC(Nc1c(C#N)c(Cl)nc2c1ncn2[C@@H]1O[C@H](CO)[C@@H](O)[C@H]1O)c1ccccc1F. The van der Waals surface area contributed by atoms with Crippen molar-refractivity contribution in [1.29, 1.82) is 5.26 Å². The number of aliphatic hydroxyl groups is 3.